The highest BCUT2D eigenvalue weighted by Crippen LogP contribution is 2.36. The number of likely N-dealkylation sites (tertiary alicyclic amines) is 2. The van der Waals surface area contributed by atoms with Gasteiger partial charge in [-0.2, -0.15) is 0 Å². The van der Waals surface area contributed by atoms with E-state index in [4.69, 9.17) is 0 Å². The Morgan fingerprint density at radius 2 is 1.57 bits per heavy atom. The summed E-state index contributed by atoms with van der Waals surface area (Å²) in [6.07, 6.45) is -1.37. The minimum atomic E-state index is -5.12. The third-order valence-electron chi connectivity index (χ3n) is 11.3. The van der Waals surface area contributed by atoms with E-state index in [0.29, 0.717) is 67.4 Å². The summed E-state index contributed by atoms with van der Waals surface area (Å²) >= 11 is 0. The first-order valence-corrected chi connectivity index (χ1v) is 19.0. The number of benzene rings is 3. The number of nitrogens with one attached hydrogen (secondary N) is 2. The minimum absolute atomic E-state index is 0.0369. The number of ether oxygens (including phenoxy) is 1. The lowest BCUT2D eigenvalue weighted by atomic mass is 9.89. The molecular formula is C41H41F5N6O6. The van der Waals surface area contributed by atoms with E-state index >= 15 is 4.39 Å². The van der Waals surface area contributed by atoms with Crippen molar-refractivity contribution >= 4 is 40.2 Å². The SMILES string of the molecule is CN(C(=O)N1CCC(c2ccc(NC3CCC(=O)NC3=O)cc2F)CC1)C1CCN(C(=O)c2ccc(-c3cn(C)c(=O)c4cc(F)ccc34)cc2OC(F)(F)F)CC1. The molecule has 0 aliphatic carbocycles. The van der Waals surface area contributed by atoms with Gasteiger partial charge in [-0.1, -0.05) is 18.2 Å². The fourth-order valence-electron chi connectivity index (χ4n) is 8.11. The fraction of sp³-hybridized carbons (Fsp3) is 0.390. The molecule has 4 aromatic rings. The number of imide groups is 1. The van der Waals surface area contributed by atoms with Gasteiger partial charge >= 0.3 is 12.4 Å². The smallest absolute Gasteiger partial charge is 0.405 e. The monoisotopic (exact) mass is 808 g/mol. The zero-order valence-electron chi connectivity index (χ0n) is 31.7. The van der Waals surface area contributed by atoms with Crippen molar-refractivity contribution in [3.8, 4) is 16.9 Å². The summed E-state index contributed by atoms with van der Waals surface area (Å²) in [7, 11) is 3.12. The van der Waals surface area contributed by atoms with Crippen molar-refractivity contribution in [1.82, 2.24) is 24.6 Å². The average Bonchev–Trinajstić information content (AvgIpc) is 3.19. The zero-order valence-corrected chi connectivity index (χ0v) is 31.7. The molecule has 4 heterocycles. The molecular weight excluding hydrogens is 767 g/mol. The molecule has 0 bridgehead atoms. The summed E-state index contributed by atoms with van der Waals surface area (Å²) in [4.78, 5) is 68.2. The van der Waals surface area contributed by atoms with Crippen LogP contribution in [-0.4, -0.2) is 94.7 Å². The average molecular weight is 809 g/mol. The molecule has 3 saturated heterocycles. The number of carbonyl (C=O) groups excluding carboxylic acids is 4. The normalized spacial score (nSPS) is 18.3. The van der Waals surface area contributed by atoms with Gasteiger partial charge in [-0.05, 0) is 90.9 Å². The molecule has 58 heavy (non-hydrogen) atoms. The maximum atomic E-state index is 15.3. The first-order valence-electron chi connectivity index (χ1n) is 19.0. The van der Waals surface area contributed by atoms with Crippen LogP contribution in [-0.2, 0) is 16.6 Å². The minimum Gasteiger partial charge on any atom is -0.405 e. The third kappa shape index (κ3) is 8.48. The number of amides is 5. The number of alkyl halides is 3. The summed E-state index contributed by atoms with van der Waals surface area (Å²) in [5, 5.41) is 5.60. The lowest BCUT2D eigenvalue weighted by Crippen LogP contribution is -2.52. The molecule has 0 saturated carbocycles. The number of aromatic nitrogens is 1. The van der Waals surface area contributed by atoms with Crippen LogP contribution < -0.4 is 20.9 Å². The van der Waals surface area contributed by atoms with Crippen LogP contribution >= 0.6 is 0 Å². The quantitative estimate of drug-likeness (QED) is 0.170. The third-order valence-corrected chi connectivity index (χ3v) is 11.3. The first kappa shape index (κ1) is 40.2. The van der Waals surface area contributed by atoms with E-state index < -0.39 is 47.2 Å². The van der Waals surface area contributed by atoms with Gasteiger partial charge in [0.15, 0.2) is 0 Å². The molecule has 17 heteroatoms. The van der Waals surface area contributed by atoms with Gasteiger partial charge in [0.05, 0.1) is 10.9 Å². The van der Waals surface area contributed by atoms with Crippen LogP contribution in [0.4, 0.5) is 32.4 Å². The second kappa shape index (κ2) is 16.1. The van der Waals surface area contributed by atoms with Gasteiger partial charge in [-0.15, -0.1) is 13.2 Å². The van der Waals surface area contributed by atoms with Crippen molar-refractivity contribution in [2.75, 3.05) is 38.5 Å². The van der Waals surface area contributed by atoms with Crippen LogP contribution in [0, 0.1) is 11.6 Å². The van der Waals surface area contributed by atoms with E-state index in [9.17, 15) is 41.5 Å². The van der Waals surface area contributed by atoms with Gasteiger partial charge in [-0.25, -0.2) is 13.6 Å². The standard InChI is InChI=1S/C41H41F5N6O6/c1-49-22-32(29-7-4-25(42)20-31(29)38(49)55)24-3-6-30(35(19-24)58-41(44,45)46)39(56)51-17-13-27(14-18-51)50(2)40(57)52-15-11-23(12-16-52)28-8-5-26(21-33(28)43)47-34-9-10-36(53)48-37(34)54/h3-8,19-23,27,34,47H,9-18H2,1-2H3,(H,48,53,54). The fourth-order valence-corrected chi connectivity index (χ4v) is 8.11. The number of pyridine rings is 1. The number of halogens is 5. The van der Waals surface area contributed by atoms with Crippen LogP contribution in [0.15, 0.2) is 65.6 Å². The Balaban J connectivity index is 0.964. The Hall–Kier alpha value is -6.00. The molecule has 3 aliphatic heterocycles. The Labute approximate surface area is 329 Å². The van der Waals surface area contributed by atoms with E-state index in [1.807, 2.05) is 0 Å². The topological polar surface area (TPSA) is 133 Å². The molecule has 306 valence electrons. The highest BCUT2D eigenvalue weighted by Gasteiger charge is 2.36. The van der Waals surface area contributed by atoms with Crippen LogP contribution in [0.1, 0.15) is 60.4 Å². The number of aryl methyl sites for hydroxylation is 1. The molecule has 7 rings (SSSR count). The number of urea groups is 1. The number of fused-ring (bicyclic) bond motifs is 1. The van der Waals surface area contributed by atoms with E-state index in [2.05, 4.69) is 15.4 Å². The molecule has 0 spiro atoms. The van der Waals surface area contributed by atoms with Crippen molar-refractivity contribution in [2.24, 2.45) is 7.05 Å². The van der Waals surface area contributed by atoms with Crippen LogP contribution in [0.2, 0.25) is 0 Å². The molecule has 3 fully saturated rings. The van der Waals surface area contributed by atoms with Crippen molar-refractivity contribution in [2.45, 2.75) is 62.9 Å². The van der Waals surface area contributed by atoms with E-state index in [1.54, 1.807) is 29.0 Å². The van der Waals surface area contributed by atoms with Crippen molar-refractivity contribution in [3.05, 3.63) is 93.9 Å². The number of hydrogen-bond acceptors (Lipinski definition) is 7. The van der Waals surface area contributed by atoms with Gasteiger partial charge in [0.1, 0.15) is 23.4 Å². The number of rotatable bonds is 7. The number of hydrogen-bond donors (Lipinski definition) is 2. The number of carbonyl (C=O) groups is 4. The number of anilines is 1. The predicted octanol–water partition coefficient (Wildman–Crippen LogP) is 6.14. The summed E-state index contributed by atoms with van der Waals surface area (Å²) in [6, 6.07) is 11.0. The molecule has 2 N–H and O–H groups in total. The molecule has 1 unspecified atom stereocenters. The zero-order chi connectivity index (χ0) is 41.5. The maximum Gasteiger partial charge on any atom is 0.573 e. The van der Waals surface area contributed by atoms with Gasteiger partial charge < -0.3 is 29.3 Å². The van der Waals surface area contributed by atoms with Gasteiger partial charge in [-0.3, -0.25) is 24.5 Å². The largest absolute Gasteiger partial charge is 0.573 e. The molecule has 0 radical (unpaired) electrons. The van der Waals surface area contributed by atoms with Crippen molar-refractivity contribution in [1.29, 1.82) is 0 Å². The van der Waals surface area contributed by atoms with Crippen LogP contribution in [0.25, 0.3) is 21.9 Å². The molecule has 5 amide bonds. The van der Waals surface area contributed by atoms with Crippen molar-refractivity contribution in [3.63, 3.8) is 0 Å². The number of nitrogens with zero attached hydrogens (tertiary/aromatic N) is 4. The van der Waals surface area contributed by atoms with Gasteiger partial charge in [0.2, 0.25) is 11.8 Å². The molecule has 1 aromatic heterocycles. The van der Waals surface area contributed by atoms with E-state index in [0.717, 1.165) is 18.2 Å². The first-order chi connectivity index (χ1) is 27.6. The van der Waals surface area contributed by atoms with Gasteiger partial charge in [0, 0.05) is 70.2 Å². The summed E-state index contributed by atoms with van der Waals surface area (Å²) in [5.41, 5.74) is 0.690. The molecule has 1 atom stereocenters. The van der Waals surface area contributed by atoms with Gasteiger partial charge in [0.25, 0.3) is 11.5 Å². The highest BCUT2D eigenvalue weighted by atomic mass is 19.4. The lowest BCUT2D eigenvalue weighted by Gasteiger charge is -2.40. The Morgan fingerprint density at radius 3 is 2.24 bits per heavy atom. The molecule has 3 aromatic carbocycles. The lowest BCUT2D eigenvalue weighted by molar-refractivity contribution is -0.274. The molecule has 12 nitrogen and oxygen atoms in total. The second-order valence-corrected chi connectivity index (χ2v) is 15.0. The van der Waals surface area contributed by atoms with Crippen LogP contribution in [0.5, 0.6) is 5.75 Å². The summed E-state index contributed by atoms with van der Waals surface area (Å²) < 4.78 is 75.8. The number of piperidine rings is 3. The Bertz CT molecular complexity index is 2330. The second-order valence-electron chi connectivity index (χ2n) is 15.0. The molecule has 3 aliphatic rings. The van der Waals surface area contributed by atoms with E-state index in [-0.39, 0.29) is 59.9 Å². The highest BCUT2D eigenvalue weighted by molar-refractivity contribution is 6.02. The van der Waals surface area contributed by atoms with E-state index in [1.165, 1.54) is 47.0 Å². The predicted molar refractivity (Wildman–Crippen MR) is 203 cm³/mol. The maximum absolute atomic E-state index is 15.3. The Morgan fingerprint density at radius 1 is 0.862 bits per heavy atom. The van der Waals surface area contributed by atoms with Crippen molar-refractivity contribution < 1.29 is 45.9 Å². The van der Waals surface area contributed by atoms with Crippen LogP contribution in [0.3, 0.4) is 0 Å². The summed E-state index contributed by atoms with van der Waals surface area (Å²) in [5.74, 6) is -3.40. The Kier molecular flexibility index (Phi) is 11.2. The summed E-state index contributed by atoms with van der Waals surface area (Å²) in [6.45, 7) is 1.12.